The molecule has 2 amide bonds. The molecule has 3 aromatic rings. The molecule has 220 valence electrons. The van der Waals surface area contributed by atoms with Gasteiger partial charge >= 0.3 is 5.97 Å². The van der Waals surface area contributed by atoms with Gasteiger partial charge in [0.2, 0.25) is 11.8 Å². The largest absolute Gasteiger partial charge is 0.480 e. The molecule has 2 aromatic carbocycles. The lowest BCUT2D eigenvalue weighted by molar-refractivity contribution is -0.149. The molecule has 2 aliphatic rings. The quantitative estimate of drug-likeness (QED) is 0.308. The van der Waals surface area contributed by atoms with Crippen molar-refractivity contribution in [2.45, 2.75) is 43.1 Å². The van der Waals surface area contributed by atoms with Crippen LogP contribution in [-0.4, -0.2) is 60.5 Å². The number of nitrogens with zero attached hydrogens (tertiary/aromatic N) is 2. The van der Waals surface area contributed by atoms with E-state index < -0.39 is 5.41 Å². The number of hydrogen-bond acceptors (Lipinski definition) is 6. The van der Waals surface area contributed by atoms with E-state index in [0.717, 1.165) is 16.7 Å². The van der Waals surface area contributed by atoms with Gasteiger partial charge in [-0.05, 0) is 54.5 Å². The fraction of sp³-hybridized carbons (Fsp3) is 0.333. The summed E-state index contributed by atoms with van der Waals surface area (Å²) in [5.74, 6) is -0.586. The fourth-order valence-electron chi connectivity index (χ4n) is 6.16. The Morgan fingerprint density at radius 2 is 1.74 bits per heavy atom. The van der Waals surface area contributed by atoms with E-state index in [1.165, 1.54) is 7.11 Å². The van der Waals surface area contributed by atoms with Crippen LogP contribution in [0.1, 0.15) is 58.6 Å². The number of carbonyl (C=O) groups excluding carboxylic acids is 3. The zero-order chi connectivity index (χ0) is 28.8. The summed E-state index contributed by atoms with van der Waals surface area (Å²) in [6, 6.07) is 20.7. The van der Waals surface area contributed by atoms with Crippen molar-refractivity contribution >= 4 is 31.3 Å². The topological polar surface area (TPSA) is 97.8 Å². The van der Waals surface area contributed by atoms with E-state index in [0.29, 0.717) is 44.3 Å². The van der Waals surface area contributed by atoms with Crippen molar-refractivity contribution in [3.63, 3.8) is 0 Å². The van der Waals surface area contributed by atoms with Gasteiger partial charge in [0.05, 0.1) is 13.0 Å². The summed E-state index contributed by atoms with van der Waals surface area (Å²) in [6.07, 6.45) is 5.42. The molecule has 0 spiro atoms. The van der Waals surface area contributed by atoms with Crippen LogP contribution < -0.4 is 10.1 Å². The predicted octanol–water partition coefficient (Wildman–Crippen LogP) is 4.52. The number of nitrogens with one attached hydrogen (secondary N) is 1. The van der Waals surface area contributed by atoms with Gasteiger partial charge in [0.1, 0.15) is 17.6 Å². The summed E-state index contributed by atoms with van der Waals surface area (Å²) in [4.78, 5) is 46.4. The lowest BCUT2D eigenvalue weighted by Gasteiger charge is -2.42. The Balaban J connectivity index is 0.00000405. The van der Waals surface area contributed by atoms with Crippen LogP contribution in [0, 0.1) is 0 Å². The first kappa shape index (κ1) is 30.8. The summed E-state index contributed by atoms with van der Waals surface area (Å²) >= 11 is 0. The number of ether oxygens (including phenoxy) is 2. The van der Waals surface area contributed by atoms with Crippen LogP contribution in [0.25, 0.3) is 0 Å². The number of methoxy groups -OCH3 is 1. The Labute approximate surface area is 253 Å². The average Bonchev–Trinajstić information content (AvgIpc) is 3.03. The molecule has 0 radical (unpaired) electrons. The van der Waals surface area contributed by atoms with E-state index in [9.17, 15) is 14.4 Å². The summed E-state index contributed by atoms with van der Waals surface area (Å²) in [7, 11) is 1.49. The maximum Gasteiger partial charge on any atom is 0.321 e. The first-order valence-corrected chi connectivity index (χ1v) is 14.0. The highest BCUT2D eigenvalue weighted by Crippen LogP contribution is 2.48. The molecular formula is C33H37N3O5S. The summed E-state index contributed by atoms with van der Waals surface area (Å²) < 4.78 is 10.9. The summed E-state index contributed by atoms with van der Waals surface area (Å²) in [5, 5.41) is 3.07. The minimum absolute atomic E-state index is 0. The molecule has 1 aliphatic carbocycles. The number of pyridine rings is 1. The maximum absolute atomic E-state index is 13.9. The zero-order valence-electron chi connectivity index (χ0n) is 23.8. The second kappa shape index (κ2) is 13.7. The highest BCUT2D eigenvalue weighted by molar-refractivity contribution is 7.59. The van der Waals surface area contributed by atoms with Crippen LogP contribution in [0.4, 0.5) is 0 Å². The third kappa shape index (κ3) is 5.92. The highest BCUT2D eigenvalue weighted by Gasteiger charge is 2.50. The van der Waals surface area contributed by atoms with Crippen molar-refractivity contribution in [2.75, 3.05) is 26.8 Å². The van der Waals surface area contributed by atoms with E-state index in [-0.39, 0.29) is 55.7 Å². The van der Waals surface area contributed by atoms with Gasteiger partial charge in [0, 0.05) is 25.3 Å². The smallest absolute Gasteiger partial charge is 0.321 e. The molecule has 5 rings (SSSR count). The molecule has 2 heterocycles. The molecule has 2 atom stereocenters. The molecule has 42 heavy (non-hydrogen) atoms. The van der Waals surface area contributed by atoms with E-state index >= 15 is 0 Å². The molecule has 1 saturated heterocycles. The van der Waals surface area contributed by atoms with Gasteiger partial charge in [-0.3, -0.25) is 14.4 Å². The molecule has 1 fully saturated rings. The van der Waals surface area contributed by atoms with Gasteiger partial charge in [0.25, 0.3) is 5.91 Å². The average molecular weight is 588 g/mol. The van der Waals surface area contributed by atoms with Crippen LogP contribution in [0.3, 0.4) is 0 Å². The number of likely N-dealkylation sites (tertiary alicyclic amines) is 1. The second-order valence-electron chi connectivity index (χ2n) is 10.5. The number of carbonyl (C=O) groups is 3. The van der Waals surface area contributed by atoms with Gasteiger partial charge in [-0.1, -0.05) is 67.3 Å². The standard InChI is InChI=1S/C33H35N3O5.H2S/c1-3-22-41-32(39)33(23-10-5-4-6-11-23)18-15-26(25-12-7-8-14-28(25)33)31(38)36-20-16-24(17-21-36)35-29(37)27-13-9-19-34-30(27)40-2;/h3-14,19,24,26H,1,15-18,20-22H2,2H3,(H,35,37);1H2/t26-,33+;/m1./s1. The van der Waals surface area contributed by atoms with Crippen LogP contribution >= 0.6 is 13.5 Å². The molecule has 1 N–H and O–H groups in total. The van der Waals surface area contributed by atoms with Crippen molar-refractivity contribution in [1.29, 1.82) is 0 Å². The Bertz CT molecular complexity index is 1420. The van der Waals surface area contributed by atoms with E-state index in [1.807, 2.05) is 59.5 Å². The third-order valence-corrected chi connectivity index (χ3v) is 8.20. The normalized spacial score (nSPS) is 19.9. The van der Waals surface area contributed by atoms with Crippen molar-refractivity contribution < 1.29 is 23.9 Å². The minimum Gasteiger partial charge on any atom is -0.480 e. The number of esters is 1. The van der Waals surface area contributed by atoms with Crippen LogP contribution in [0.5, 0.6) is 5.88 Å². The van der Waals surface area contributed by atoms with Gasteiger partial charge in [-0.2, -0.15) is 13.5 Å². The van der Waals surface area contributed by atoms with Crippen molar-refractivity contribution in [3.8, 4) is 5.88 Å². The van der Waals surface area contributed by atoms with Crippen LogP contribution in [0.2, 0.25) is 0 Å². The Morgan fingerprint density at radius 1 is 1.02 bits per heavy atom. The van der Waals surface area contributed by atoms with E-state index in [2.05, 4.69) is 16.9 Å². The van der Waals surface area contributed by atoms with Gasteiger partial charge in [-0.15, -0.1) is 0 Å². The first-order valence-electron chi connectivity index (χ1n) is 14.0. The van der Waals surface area contributed by atoms with Gasteiger partial charge in [-0.25, -0.2) is 4.98 Å². The van der Waals surface area contributed by atoms with Crippen molar-refractivity contribution in [2.24, 2.45) is 0 Å². The maximum atomic E-state index is 13.9. The van der Waals surface area contributed by atoms with Crippen LogP contribution in [0.15, 0.2) is 85.6 Å². The monoisotopic (exact) mass is 587 g/mol. The number of fused-ring (bicyclic) bond motifs is 1. The molecule has 0 saturated carbocycles. The molecule has 1 aliphatic heterocycles. The molecule has 8 nitrogen and oxygen atoms in total. The van der Waals surface area contributed by atoms with Gasteiger partial charge in [0.15, 0.2) is 0 Å². The molecule has 9 heteroatoms. The van der Waals surface area contributed by atoms with Gasteiger partial charge < -0.3 is 19.7 Å². The number of piperidine rings is 1. The Hall–Kier alpha value is -4.11. The third-order valence-electron chi connectivity index (χ3n) is 8.20. The first-order chi connectivity index (χ1) is 20.0. The second-order valence-corrected chi connectivity index (χ2v) is 10.5. The SMILES string of the molecule is C=CCOC(=O)[C@]1(c2ccccc2)CC[C@@H](C(=O)N2CCC(NC(=O)c3cccnc3OC)CC2)c2ccccc21.S. The molecular weight excluding hydrogens is 550 g/mol. The Morgan fingerprint density at radius 3 is 2.45 bits per heavy atom. The lowest BCUT2D eigenvalue weighted by atomic mass is 9.63. The summed E-state index contributed by atoms with van der Waals surface area (Å²) in [6.45, 7) is 4.89. The van der Waals surface area contributed by atoms with E-state index in [4.69, 9.17) is 9.47 Å². The zero-order valence-corrected chi connectivity index (χ0v) is 24.8. The van der Waals surface area contributed by atoms with E-state index in [1.54, 1.807) is 24.4 Å². The molecule has 1 aromatic heterocycles. The Kier molecular flexibility index (Phi) is 10.1. The number of aromatic nitrogens is 1. The van der Waals surface area contributed by atoms with Crippen molar-refractivity contribution in [3.05, 3.63) is 108 Å². The number of hydrogen-bond donors (Lipinski definition) is 1. The molecule has 0 unspecified atom stereocenters. The number of rotatable bonds is 8. The summed E-state index contributed by atoms with van der Waals surface area (Å²) in [5.41, 5.74) is 1.93. The highest BCUT2D eigenvalue weighted by atomic mass is 32.1. The molecule has 0 bridgehead atoms. The lowest BCUT2D eigenvalue weighted by Crippen LogP contribution is -2.49. The minimum atomic E-state index is -0.998. The van der Waals surface area contributed by atoms with Crippen LogP contribution in [-0.2, 0) is 19.7 Å². The van der Waals surface area contributed by atoms with Crippen molar-refractivity contribution in [1.82, 2.24) is 15.2 Å². The predicted molar refractivity (Wildman–Crippen MR) is 165 cm³/mol. The fourth-order valence-corrected chi connectivity index (χ4v) is 6.16. The number of amides is 2. The number of benzene rings is 2.